The fourth-order valence-corrected chi connectivity index (χ4v) is 2.16. The smallest absolute Gasteiger partial charge is 0.330 e. The summed E-state index contributed by atoms with van der Waals surface area (Å²) in [5.74, 6) is -1.10. The summed E-state index contributed by atoms with van der Waals surface area (Å²) in [6, 6.07) is 7.70. The lowest BCUT2D eigenvalue weighted by molar-refractivity contribution is -0.142. The van der Waals surface area contributed by atoms with Gasteiger partial charge in [-0.15, -0.1) is 0 Å². The van der Waals surface area contributed by atoms with Crippen molar-refractivity contribution in [2.75, 3.05) is 13.2 Å². The number of carbonyl (C=O) groups excluding carboxylic acids is 1. The molecule has 19 heavy (non-hydrogen) atoms. The van der Waals surface area contributed by atoms with Crippen LogP contribution in [0.2, 0.25) is 0 Å². The molecule has 5 heteroatoms. The van der Waals surface area contributed by atoms with E-state index >= 15 is 0 Å². The molecule has 1 fully saturated rings. The molecule has 2 N–H and O–H groups in total. The van der Waals surface area contributed by atoms with Crippen molar-refractivity contribution in [3.8, 4) is 0 Å². The van der Waals surface area contributed by atoms with Gasteiger partial charge >= 0.3 is 5.97 Å². The van der Waals surface area contributed by atoms with Crippen LogP contribution in [0.1, 0.15) is 24.4 Å². The van der Waals surface area contributed by atoms with Gasteiger partial charge in [-0.25, -0.2) is 4.79 Å². The van der Waals surface area contributed by atoms with E-state index in [1.807, 2.05) is 0 Å². The number of aliphatic carboxylic acids is 1. The molecule has 1 aromatic rings. The van der Waals surface area contributed by atoms with Crippen molar-refractivity contribution < 1.29 is 19.4 Å². The van der Waals surface area contributed by atoms with Crippen molar-refractivity contribution >= 4 is 11.9 Å². The molecule has 1 saturated heterocycles. The van der Waals surface area contributed by atoms with Crippen LogP contribution < -0.4 is 5.32 Å². The van der Waals surface area contributed by atoms with Gasteiger partial charge in [-0.1, -0.05) is 30.3 Å². The lowest BCUT2D eigenvalue weighted by Gasteiger charge is -2.16. The number of rotatable bonds is 5. The molecule has 2 atom stereocenters. The molecular formula is C14H17NO4. The lowest BCUT2D eigenvalue weighted by Crippen LogP contribution is -2.34. The quantitative estimate of drug-likeness (QED) is 0.841. The average molecular weight is 263 g/mol. The second-order valence-corrected chi connectivity index (χ2v) is 4.68. The van der Waals surface area contributed by atoms with E-state index in [-0.39, 0.29) is 11.8 Å². The summed E-state index contributed by atoms with van der Waals surface area (Å²) in [6.45, 7) is 1.26. The molecule has 1 aliphatic heterocycles. The first-order valence-corrected chi connectivity index (χ1v) is 6.31. The van der Waals surface area contributed by atoms with Gasteiger partial charge in [0.25, 0.3) is 0 Å². The molecule has 102 valence electrons. The molecule has 0 spiro atoms. The Kier molecular flexibility index (Phi) is 4.52. The molecular weight excluding hydrogens is 246 g/mol. The van der Waals surface area contributed by atoms with E-state index in [4.69, 9.17) is 4.74 Å². The number of benzene rings is 1. The van der Waals surface area contributed by atoms with E-state index in [1.54, 1.807) is 30.3 Å². The van der Waals surface area contributed by atoms with E-state index in [1.165, 1.54) is 0 Å². The van der Waals surface area contributed by atoms with Gasteiger partial charge in [-0.05, 0) is 17.9 Å². The third-order valence-electron chi connectivity index (χ3n) is 3.18. The van der Waals surface area contributed by atoms with E-state index in [0.717, 1.165) is 6.42 Å². The van der Waals surface area contributed by atoms with Crippen LogP contribution in [0.5, 0.6) is 0 Å². The van der Waals surface area contributed by atoms with Crippen molar-refractivity contribution in [2.45, 2.75) is 18.9 Å². The number of ether oxygens (including phenoxy) is 1. The monoisotopic (exact) mass is 263 g/mol. The standard InChI is InChI=1S/C14H17NO4/c16-12(8-10-6-7-19-9-10)15-13(14(17)18)11-4-2-1-3-5-11/h1-5,10,13H,6-9H2,(H,15,16)(H,17,18)/t10-,13-/m1/s1. The minimum absolute atomic E-state index is 0.199. The number of nitrogens with one attached hydrogen (secondary N) is 1. The fraction of sp³-hybridized carbons (Fsp3) is 0.429. The van der Waals surface area contributed by atoms with Crippen molar-refractivity contribution in [1.82, 2.24) is 5.32 Å². The van der Waals surface area contributed by atoms with Crippen molar-refractivity contribution in [1.29, 1.82) is 0 Å². The minimum atomic E-state index is -1.05. The molecule has 0 unspecified atom stereocenters. The molecule has 1 aromatic carbocycles. The summed E-state index contributed by atoms with van der Waals surface area (Å²) in [5.41, 5.74) is 0.575. The SMILES string of the molecule is O=C(C[C@H]1CCOC1)N[C@@H](C(=O)O)c1ccccc1. The number of carboxylic acid groups (broad SMARTS) is 1. The van der Waals surface area contributed by atoms with Gasteiger partial charge in [0.05, 0.1) is 0 Å². The number of hydrogen-bond donors (Lipinski definition) is 2. The molecule has 5 nitrogen and oxygen atoms in total. The second-order valence-electron chi connectivity index (χ2n) is 4.68. The molecule has 1 heterocycles. The summed E-state index contributed by atoms with van der Waals surface area (Å²) >= 11 is 0. The predicted octanol–water partition coefficient (Wildman–Crippen LogP) is 1.36. The third kappa shape index (κ3) is 3.79. The zero-order chi connectivity index (χ0) is 13.7. The molecule has 0 radical (unpaired) electrons. The maximum absolute atomic E-state index is 11.9. The Labute approximate surface area is 111 Å². The van der Waals surface area contributed by atoms with Crippen molar-refractivity contribution in [2.24, 2.45) is 5.92 Å². The van der Waals surface area contributed by atoms with Gasteiger partial charge in [-0.3, -0.25) is 4.79 Å². The first kappa shape index (κ1) is 13.5. The largest absolute Gasteiger partial charge is 0.479 e. The van der Waals surface area contributed by atoms with Gasteiger partial charge in [0.1, 0.15) is 0 Å². The van der Waals surface area contributed by atoms with Crippen molar-refractivity contribution in [3.05, 3.63) is 35.9 Å². The van der Waals surface area contributed by atoms with Gasteiger partial charge < -0.3 is 15.2 Å². The van der Waals surface area contributed by atoms with Gasteiger partial charge in [-0.2, -0.15) is 0 Å². The Balaban J connectivity index is 1.97. The molecule has 1 aliphatic rings. The summed E-state index contributed by atoms with van der Waals surface area (Å²) in [4.78, 5) is 23.1. The topological polar surface area (TPSA) is 75.6 Å². The fourth-order valence-electron chi connectivity index (χ4n) is 2.16. The highest BCUT2D eigenvalue weighted by atomic mass is 16.5. The molecule has 0 aromatic heterocycles. The third-order valence-corrected chi connectivity index (χ3v) is 3.18. The molecule has 0 aliphatic carbocycles. The second kappa shape index (κ2) is 6.33. The highest BCUT2D eigenvalue weighted by Gasteiger charge is 2.24. The highest BCUT2D eigenvalue weighted by molar-refractivity contribution is 5.84. The maximum Gasteiger partial charge on any atom is 0.330 e. The van der Waals surface area contributed by atoms with Crippen LogP contribution in [0, 0.1) is 5.92 Å². The van der Waals surface area contributed by atoms with Gasteiger partial charge in [0, 0.05) is 19.6 Å². The van der Waals surface area contributed by atoms with Crippen molar-refractivity contribution in [3.63, 3.8) is 0 Å². The molecule has 1 amide bonds. The summed E-state index contributed by atoms with van der Waals surface area (Å²) in [7, 11) is 0. The van der Waals surface area contributed by atoms with Crippen LogP contribution in [-0.2, 0) is 14.3 Å². The van der Waals surface area contributed by atoms with Crippen LogP contribution in [0.25, 0.3) is 0 Å². The van der Waals surface area contributed by atoms with Crippen LogP contribution >= 0.6 is 0 Å². The van der Waals surface area contributed by atoms with Gasteiger partial charge in [0.2, 0.25) is 5.91 Å². The Bertz CT molecular complexity index is 440. The molecule has 0 bridgehead atoms. The summed E-state index contributed by atoms with van der Waals surface area (Å²) < 4.78 is 5.20. The first-order chi connectivity index (χ1) is 9.16. The number of carbonyl (C=O) groups is 2. The number of amides is 1. The number of hydrogen-bond acceptors (Lipinski definition) is 3. The van der Waals surface area contributed by atoms with E-state index in [2.05, 4.69) is 5.32 Å². The Hall–Kier alpha value is -1.88. The minimum Gasteiger partial charge on any atom is -0.479 e. The number of carboxylic acids is 1. The highest BCUT2D eigenvalue weighted by Crippen LogP contribution is 2.18. The zero-order valence-corrected chi connectivity index (χ0v) is 10.5. The first-order valence-electron chi connectivity index (χ1n) is 6.31. The van der Waals surface area contributed by atoms with E-state index in [0.29, 0.717) is 25.2 Å². The van der Waals surface area contributed by atoms with Gasteiger partial charge in [0.15, 0.2) is 6.04 Å². The molecule has 0 saturated carbocycles. The maximum atomic E-state index is 11.9. The average Bonchev–Trinajstić information content (AvgIpc) is 2.89. The van der Waals surface area contributed by atoms with Crippen LogP contribution in [-0.4, -0.2) is 30.2 Å². The predicted molar refractivity (Wildman–Crippen MR) is 68.5 cm³/mol. The van der Waals surface area contributed by atoms with Crippen LogP contribution in [0.3, 0.4) is 0 Å². The summed E-state index contributed by atoms with van der Waals surface area (Å²) in [6.07, 6.45) is 1.17. The van der Waals surface area contributed by atoms with E-state index in [9.17, 15) is 14.7 Å². The Morgan fingerprint density at radius 3 is 2.68 bits per heavy atom. The Morgan fingerprint density at radius 1 is 1.37 bits per heavy atom. The normalized spacial score (nSPS) is 19.9. The Morgan fingerprint density at radius 2 is 2.11 bits per heavy atom. The molecule has 2 rings (SSSR count). The zero-order valence-electron chi connectivity index (χ0n) is 10.5. The van der Waals surface area contributed by atoms with Crippen LogP contribution in [0.15, 0.2) is 30.3 Å². The lowest BCUT2D eigenvalue weighted by atomic mass is 10.0. The van der Waals surface area contributed by atoms with E-state index < -0.39 is 12.0 Å². The summed E-state index contributed by atoms with van der Waals surface area (Å²) in [5, 5.41) is 11.8. The van der Waals surface area contributed by atoms with Crippen LogP contribution in [0.4, 0.5) is 0 Å².